The second kappa shape index (κ2) is 62.1. The van der Waals surface area contributed by atoms with Crippen LogP contribution in [0.1, 0.15) is 310 Å². The van der Waals surface area contributed by atoms with Crippen LogP contribution in [-0.4, -0.2) is 37.2 Å². The number of rotatable bonds is 57. The van der Waals surface area contributed by atoms with E-state index < -0.39 is 6.10 Å². The molecule has 0 rings (SSSR count). The Kier molecular flexibility index (Phi) is 59.3. The average molecular weight is 1030 g/mol. The Hall–Kier alpha value is -3.41. The van der Waals surface area contributed by atoms with E-state index in [1.54, 1.807) is 0 Å². The van der Waals surface area contributed by atoms with Gasteiger partial charge in [0, 0.05) is 19.3 Å². The minimum atomic E-state index is -0.783. The summed E-state index contributed by atoms with van der Waals surface area (Å²) >= 11 is 0. The van der Waals surface area contributed by atoms with Gasteiger partial charge in [0.1, 0.15) is 13.2 Å². The maximum absolute atomic E-state index is 12.9. The smallest absolute Gasteiger partial charge is 0.306 e. The summed E-state index contributed by atoms with van der Waals surface area (Å²) in [6.07, 6.45) is 81.6. The van der Waals surface area contributed by atoms with Gasteiger partial charge in [-0.1, -0.05) is 266 Å². The SMILES string of the molecule is CC/C=C\C/C=C\C/C=C\C/C=C\C/C=C\CCCCCCCCCCCCCC(=O)OCC(COC(=O)CCCCCCC/C=C\CCCC)OC(=O)CCCCCCCCC/C=C\CCCCCCCCC. The second-order valence-electron chi connectivity index (χ2n) is 20.9. The van der Waals surface area contributed by atoms with E-state index in [2.05, 4.69) is 106 Å². The van der Waals surface area contributed by atoms with Gasteiger partial charge in [-0.25, -0.2) is 0 Å². The number of carbonyl (C=O) groups excluding carboxylic acids is 3. The summed E-state index contributed by atoms with van der Waals surface area (Å²) in [5.41, 5.74) is 0. The van der Waals surface area contributed by atoms with E-state index in [1.165, 1.54) is 173 Å². The number of hydrogen-bond acceptors (Lipinski definition) is 6. The lowest BCUT2D eigenvalue weighted by molar-refractivity contribution is -0.167. The molecular weight excluding hydrogens is 913 g/mol. The van der Waals surface area contributed by atoms with E-state index in [-0.39, 0.29) is 31.1 Å². The van der Waals surface area contributed by atoms with Crippen molar-refractivity contribution in [2.24, 2.45) is 0 Å². The van der Waals surface area contributed by atoms with Crippen LogP contribution in [0.15, 0.2) is 85.1 Å². The lowest BCUT2D eigenvalue weighted by atomic mass is 10.0. The van der Waals surface area contributed by atoms with Crippen LogP contribution in [0.2, 0.25) is 0 Å². The fourth-order valence-electron chi connectivity index (χ4n) is 8.86. The first-order valence-electron chi connectivity index (χ1n) is 31.6. The maximum Gasteiger partial charge on any atom is 0.306 e. The summed E-state index contributed by atoms with van der Waals surface area (Å²) < 4.78 is 16.9. The topological polar surface area (TPSA) is 78.9 Å². The minimum absolute atomic E-state index is 0.0809. The monoisotopic (exact) mass is 1030 g/mol. The molecule has 0 saturated carbocycles. The summed E-state index contributed by atoms with van der Waals surface area (Å²) in [4.78, 5) is 38.2. The van der Waals surface area contributed by atoms with E-state index in [9.17, 15) is 14.4 Å². The summed E-state index contributed by atoms with van der Waals surface area (Å²) in [6.45, 7) is 6.50. The van der Waals surface area contributed by atoms with Crippen LogP contribution < -0.4 is 0 Å². The van der Waals surface area contributed by atoms with Gasteiger partial charge in [-0.2, -0.15) is 0 Å². The van der Waals surface area contributed by atoms with Crippen LogP contribution in [0, 0.1) is 0 Å². The van der Waals surface area contributed by atoms with Gasteiger partial charge >= 0.3 is 17.9 Å². The zero-order valence-electron chi connectivity index (χ0n) is 48.8. The predicted octanol–water partition coefficient (Wildman–Crippen LogP) is 21.5. The molecule has 74 heavy (non-hydrogen) atoms. The van der Waals surface area contributed by atoms with Gasteiger partial charge in [-0.05, 0) is 109 Å². The van der Waals surface area contributed by atoms with Crippen molar-refractivity contribution in [2.75, 3.05) is 13.2 Å². The first kappa shape index (κ1) is 70.6. The molecule has 1 unspecified atom stereocenters. The second-order valence-corrected chi connectivity index (χ2v) is 20.9. The molecule has 0 saturated heterocycles. The molecule has 6 heteroatoms. The molecule has 0 aliphatic rings. The lowest BCUT2D eigenvalue weighted by Gasteiger charge is -2.18. The average Bonchev–Trinajstić information content (AvgIpc) is 3.40. The van der Waals surface area contributed by atoms with Gasteiger partial charge < -0.3 is 14.2 Å². The van der Waals surface area contributed by atoms with Crippen LogP contribution in [-0.2, 0) is 28.6 Å². The molecule has 0 heterocycles. The third-order valence-corrected chi connectivity index (χ3v) is 13.6. The lowest BCUT2D eigenvalue weighted by Crippen LogP contribution is -2.30. The highest BCUT2D eigenvalue weighted by atomic mass is 16.6. The number of hydrogen-bond donors (Lipinski definition) is 0. The molecule has 0 amide bonds. The zero-order chi connectivity index (χ0) is 53.6. The highest BCUT2D eigenvalue weighted by Crippen LogP contribution is 2.16. The van der Waals surface area contributed by atoms with Gasteiger partial charge in [-0.15, -0.1) is 0 Å². The van der Waals surface area contributed by atoms with E-state index in [4.69, 9.17) is 14.2 Å². The van der Waals surface area contributed by atoms with Crippen molar-refractivity contribution >= 4 is 17.9 Å². The predicted molar refractivity (Wildman–Crippen MR) is 321 cm³/mol. The molecule has 426 valence electrons. The molecule has 0 aliphatic heterocycles. The van der Waals surface area contributed by atoms with Crippen molar-refractivity contribution in [1.82, 2.24) is 0 Å². The Morgan fingerprint density at radius 3 is 0.878 bits per heavy atom. The van der Waals surface area contributed by atoms with Gasteiger partial charge in [-0.3, -0.25) is 14.4 Å². The summed E-state index contributed by atoms with van der Waals surface area (Å²) in [5, 5.41) is 0. The molecule has 0 bridgehead atoms. The Bertz CT molecular complexity index is 1420. The molecule has 0 aliphatic carbocycles. The maximum atomic E-state index is 12.9. The van der Waals surface area contributed by atoms with Gasteiger partial charge in [0.15, 0.2) is 6.10 Å². The van der Waals surface area contributed by atoms with Crippen LogP contribution in [0.25, 0.3) is 0 Å². The van der Waals surface area contributed by atoms with Crippen molar-refractivity contribution in [3.05, 3.63) is 85.1 Å². The first-order chi connectivity index (χ1) is 36.5. The number of carbonyl (C=O) groups is 3. The van der Waals surface area contributed by atoms with Crippen molar-refractivity contribution in [1.29, 1.82) is 0 Å². The number of ether oxygens (including phenoxy) is 3. The van der Waals surface area contributed by atoms with Crippen LogP contribution >= 0.6 is 0 Å². The van der Waals surface area contributed by atoms with E-state index in [0.717, 1.165) is 96.3 Å². The normalized spacial score (nSPS) is 12.6. The summed E-state index contributed by atoms with van der Waals surface area (Å²) in [7, 11) is 0. The number of unbranched alkanes of at least 4 members (excludes halogenated alkanes) is 32. The molecule has 0 fully saturated rings. The van der Waals surface area contributed by atoms with Crippen molar-refractivity contribution in [2.45, 2.75) is 316 Å². The summed E-state index contributed by atoms with van der Waals surface area (Å²) in [5.74, 6) is -0.888. The molecule has 0 aromatic rings. The van der Waals surface area contributed by atoms with Crippen molar-refractivity contribution in [3.63, 3.8) is 0 Å². The van der Waals surface area contributed by atoms with E-state index >= 15 is 0 Å². The highest BCUT2D eigenvalue weighted by Gasteiger charge is 2.19. The quantitative estimate of drug-likeness (QED) is 0.0261. The molecular formula is C68H118O6. The fourth-order valence-corrected chi connectivity index (χ4v) is 8.86. The van der Waals surface area contributed by atoms with E-state index in [1.807, 2.05) is 0 Å². The molecule has 0 radical (unpaired) electrons. The summed E-state index contributed by atoms with van der Waals surface area (Å²) in [6, 6.07) is 0. The molecule has 0 aromatic heterocycles. The standard InChI is InChI=1S/C68H118O6/c1-4-7-10-13-16-19-22-24-26-28-30-31-32-33-34-35-36-37-38-40-41-43-46-49-52-55-58-61-67(70)73-64-65(63-72-66(69)60-57-54-51-48-45-21-18-15-12-9-6-3)74-68(71)62-59-56-53-50-47-44-42-39-29-27-25-23-20-17-14-11-8-5-2/h7,10,15-16,18-19,24,26-27,29-31,33-34,65H,4-6,8-9,11-14,17,20-23,25,28,32,35-64H2,1-3H3/b10-7-,18-15-,19-16-,26-24-,29-27-,31-30-,34-33-. The molecule has 0 spiro atoms. The number of allylic oxidation sites excluding steroid dienone is 14. The Balaban J connectivity index is 4.26. The van der Waals surface area contributed by atoms with Gasteiger partial charge in [0.2, 0.25) is 0 Å². The van der Waals surface area contributed by atoms with Gasteiger partial charge in [0.05, 0.1) is 0 Å². The van der Waals surface area contributed by atoms with Gasteiger partial charge in [0.25, 0.3) is 0 Å². The van der Waals surface area contributed by atoms with Crippen LogP contribution in [0.3, 0.4) is 0 Å². The van der Waals surface area contributed by atoms with E-state index in [0.29, 0.717) is 19.3 Å². The third-order valence-electron chi connectivity index (χ3n) is 13.6. The molecule has 6 nitrogen and oxygen atoms in total. The minimum Gasteiger partial charge on any atom is -0.462 e. The zero-order valence-corrected chi connectivity index (χ0v) is 48.8. The van der Waals surface area contributed by atoms with Crippen molar-refractivity contribution in [3.8, 4) is 0 Å². The largest absolute Gasteiger partial charge is 0.462 e. The van der Waals surface area contributed by atoms with Crippen LogP contribution in [0.4, 0.5) is 0 Å². The van der Waals surface area contributed by atoms with Crippen molar-refractivity contribution < 1.29 is 28.6 Å². The first-order valence-corrected chi connectivity index (χ1v) is 31.6. The molecule has 0 aromatic carbocycles. The highest BCUT2D eigenvalue weighted by molar-refractivity contribution is 5.71. The third kappa shape index (κ3) is 59.5. The Morgan fingerprint density at radius 1 is 0.284 bits per heavy atom. The number of esters is 3. The molecule has 0 N–H and O–H groups in total. The fraction of sp³-hybridized carbons (Fsp3) is 0.750. The Morgan fingerprint density at radius 2 is 0.541 bits per heavy atom. The van der Waals surface area contributed by atoms with Crippen LogP contribution in [0.5, 0.6) is 0 Å². The molecule has 1 atom stereocenters. The Labute approximate surface area is 458 Å².